The Morgan fingerprint density at radius 2 is 2.14 bits per heavy atom. The van der Waals surface area contributed by atoms with Gasteiger partial charge in [0, 0.05) is 30.2 Å². The van der Waals surface area contributed by atoms with Crippen molar-refractivity contribution in [3.05, 3.63) is 50.9 Å². The first-order chi connectivity index (χ1) is 10.1. The zero-order chi connectivity index (χ0) is 14.8. The third kappa shape index (κ3) is 3.96. The number of thiophene rings is 1. The van der Waals surface area contributed by atoms with E-state index in [1.54, 1.807) is 17.4 Å². The van der Waals surface area contributed by atoms with E-state index in [0.717, 1.165) is 22.1 Å². The summed E-state index contributed by atoms with van der Waals surface area (Å²) in [7, 11) is 2.03. The summed E-state index contributed by atoms with van der Waals surface area (Å²) >= 11 is 7.56. The molecule has 1 fully saturated rings. The minimum absolute atomic E-state index is 0.182. The third-order valence-corrected chi connectivity index (χ3v) is 4.85. The van der Waals surface area contributed by atoms with Crippen molar-refractivity contribution >= 4 is 28.6 Å². The molecule has 3 rings (SSSR count). The molecule has 2 aromatic rings. The molecule has 1 N–H and O–H groups in total. The van der Waals surface area contributed by atoms with Crippen LogP contribution in [0.25, 0.3) is 0 Å². The van der Waals surface area contributed by atoms with Crippen molar-refractivity contribution in [2.75, 3.05) is 11.9 Å². The first-order valence-corrected chi connectivity index (χ1v) is 8.28. The fourth-order valence-electron chi connectivity index (χ4n) is 2.37. The molecule has 1 aliphatic carbocycles. The molecule has 1 heterocycles. The summed E-state index contributed by atoms with van der Waals surface area (Å²) in [6.45, 7) is 1.49. The lowest BCUT2D eigenvalue weighted by Gasteiger charge is -2.22. The van der Waals surface area contributed by atoms with E-state index < -0.39 is 0 Å². The average Bonchev–Trinajstić information content (AvgIpc) is 3.19. The van der Waals surface area contributed by atoms with Crippen molar-refractivity contribution in [2.45, 2.75) is 32.0 Å². The average molecular weight is 325 g/mol. The highest BCUT2D eigenvalue weighted by Crippen LogP contribution is 2.27. The van der Waals surface area contributed by atoms with Gasteiger partial charge in [-0.3, -0.25) is 0 Å². The standard InChI is InChI=1S/C16H18ClFN2S/c1-20(10-14-5-7-16(17)21-14)15-6-2-12(18)8-11(15)9-19-13-3-4-13/h2,5-8,13,19H,3-4,9-10H2,1H3. The van der Waals surface area contributed by atoms with Crippen molar-refractivity contribution in [3.8, 4) is 0 Å². The second kappa shape index (κ2) is 6.34. The quantitative estimate of drug-likeness (QED) is 0.845. The van der Waals surface area contributed by atoms with E-state index in [2.05, 4.69) is 10.2 Å². The summed E-state index contributed by atoms with van der Waals surface area (Å²) in [6, 6.07) is 9.57. The molecule has 21 heavy (non-hydrogen) atoms. The van der Waals surface area contributed by atoms with Gasteiger partial charge in [0.05, 0.1) is 10.9 Å². The highest BCUT2D eigenvalue weighted by Gasteiger charge is 2.21. The van der Waals surface area contributed by atoms with E-state index in [1.807, 2.05) is 25.2 Å². The smallest absolute Gasteiger partial charge is 0.123 e. The third-order valence-electron chi connectivity index (χ3n) is 3.63. The van der Waals surface area contributed by atoms with Crippen molar-refractivity contribution in [2.24, 2.45) is 0 Å². The molecule has 0 atom stereocenters. The van der Waals surface area contributed by atoms with Crippen molar-refractivity contribution in [1.29, 1.82) is 0 Å². The van der Waals surface area contributed by atoms with Crippen LogP contribution in [-0.2, 0) is 13.1 Å². The van der Waals surface area contributed by atoms with E-state index in [1.165, 1.54) is 23.8 Å². The number of hydrogen-bond donors (Lipinski definition) is 1. The number of halogens is 2. The van der Waals surface area contributed by atoms with Gasteiger partial charge >= 0.3 is 0 Å². The Kier molecular flexibility index (Phi) is 4.48. The normalized spacial score (nSPS) is 14.4. The Morgan fingerprint density at radius 3 is 2.81 bits per heavy atom. The molecule has 1 aromatic heterocycles. The molecule has 0 aliphatic heterocycles. The van der Waals surface area contributed by atoms with Gasteiger partial charge in [-0.2, -0.15) is 0 Å². The minimum atomic E-state index is -0.182. The zero-order valence-corrected chi connectivity index (χ0v) is 13.5. The molecule has 0 bridgehead atoms. The molecule has 0 spiro atoms. The molecule has 1 aliphatic rings. The lowest BCUT2D eigenvalue weighted by molar-refractivity contribution is 0.619. The molecular weight excluding hydrogens is 307 g/mol. The molecule has 0 radical (unpaired) electrons. The van der Waals surface area contributed by atoms with Crippen LogP contribution in [0.4, 0.5) is 10.1 Å². The molecule has 0 unspecified atom stereocenters. The van der Waals surface area contributed by atoms with Gasteiger partial charge in [0.1, 0.15) is 5.82 Å². The maximum atomic E-state index is 13.5. The molecule has 112 valence electrons. The lowest BCUT2D eigenvalue weighted by atomic mass is 10.1. The highest BCUT2D eigenvalue weighted by atomic mass is 35.5. The second-order valence-electron chi connectivity index (χ2n) is 5.49. The monoisotopic (exact) mass is 324 g/mol. The van der Waals surface area contributed by atoms with E-state index >= 15 is 0 Å². The summed E-state index contributed by atoms with van der Waals surface area (Å²) in [4.78, 5) is 3.35. The Hall–Kier alpha value is -1.10. The lowest BCUT2D eigenvalue weighted by Crippen LogP contribution is -2.21. The molecule has 0 amide bonds. The van der Waals surface area contributed by atoms with Crippen LogP contribution >= 0.6 is 22.9 Å². The van der Waals surface area contributed by atoms with Gasteiger partial charge in [0.2, 0.25) is 0 Å². The predicted molar refractivity (Wildman–Crippen MR) is 87.7 cm³/mol. The molecule has 0 saturated heterocycles. The number of nitrogens with one attached hydrogen (secondary N) is 1. The Balaban J connectivity index is 1.75. The van der Waals surface area contributed by atoms with Crippen LogP contribution in [0.3, 0.4) is 0 Å². The number of benzene rings is 1. The Morgan fingerprint density at radius 1 is 1.33 bits per heavy atom. The van der Waals surface area contributed by atoms with Crippen molar-refractivity contribution in [1.82, 2.24) is 5.32 Å². The number of nitrogens with zero attached hydrogens (tertiary/aromatic N) is 1. The highest BCUT2D eigenvalue weighted by molar-refractivity contribution is 7.16. The minimum Gasteiger partial charge on any atom is -0.369 e. The maximum absolute atomic E-state index is 13.5. The van der Waals surface area contributed by atoms with Crippen molar-refractivity contribution in [3.63, 3.8) is 0 Å². The van der Waals surface area contributed by atoms with Crippen LogP contribution in [0.15, 0.2) is 30.3 Å². The van der Waals surface area contributed by atoms with E-state index in [9.17, 15) is 4.39 Å². The van der Waals surface area contributed by atoms with Crippen LogP contribution in [-0.4, -0.2) is 13.1 Å². The zero-order valence-electron chi connectivity index (χ0n) is 11.9. The van der Waals surface area contributed by atoms with Crippen LogP contribution < -0.4 is 10.2 Å². The molecular formula is C16H18ClFN2S. The van der Waals surface area contributed by atoms with E-state index in [0.29, 0.717) is 12.6 Å². The van der Waals surface area contributed by atoms with Gasteiger partial charge in [0.15, 0.2) is 0 Å². The van der Waals surface area contributed by atoms with Crippen LogP contribution in [0.5, 0.6) is 0 Å². The molecule has 2 nitrogen and oxygen atoms in total. The summed E-state index contributed by atoms with van der Waals surface area (Å²) in [6.07, 6.45) is 2.46. The van der Waals surface area contributed by atoms with Gasteiger partial charge < -0.3 is 10.2 Å². The first-order valence-electron chi connectivity index (χ1n) is 7.09. The molecule has 5 heteroatoms. The Bertz CT molecular complexity index is 624. The van der Waals surface area contributed by atoms with Gasteiger partial charge in [-0.05, 0) is 48.7 Å². The van der Waals surface area contributed by atoms with Crippen LogP contribution in [0.2, 0.25) is 4.34 Å². The van der Waals surface area contributed by atoms with Gasteiger partial charge in [-0.25, -0.2) is 4.39 Å². The largest absolute Gasteiger partial charge is 0.369 e. The summed E-state index contributed by atoms with van der Waals surface area (Å²) < 4.78 is 14.3. The first kappa shape index (κ1) is 14.8. The van der Waals surface area contributed by atoms with Crippen LogP contribution in [0, 0.1) is 5.82 Å². The second-order valence-corrected chi connectivity index (χ2v) is 7.29. The fourth-order valence-corrected chi connectivity index (χ4v) is 3.51. The topological polar surface area (TPSA) is 15.3 Å². The SMILES string of the molecule is CN(Cc1ccc(Cl)s1)c1ccc(F)cc1CNC1CC1. The van der Waals surface area contributed by atoms with E-state index in [-0.39, 0.29) is 5.82 Å². The predicted octanol–water partition coefficient (Wildman–Crippen LogP) is 4.43. The number of hydrogen-bond acceptors (Lipinski definition) is 3. The van der Waals surface area contributed by atoms with Gasteiger partial charge in [-0.15, -0.1) is 11.3 Å². The molecule has 1 aromatic carbocycles. The fraction of sp³-hybridized carbons (Fsp3) is 0.375. The Labute approximate surface area is 133 Å². The van der Waals surface area contributed by atoms with Gasteiger partial charge in [-0.1, -0.05) is 11.6 Å². The number of rotatable bonds is 6. The summed E-state index contributed by atoms with van der Waals surface area (Å²) in [5.74, 6) is -0.182. The van der Waals surface area contributed by atoms with Crippen LogP contribution in [0.1, 0.15) is 23.3 Å². The molecule has 1 saturated carbocycles. The maximum Gasteiger partial charge on any atom is 0.123 e. The van der Waals surface area contributed by atoms with Gasteiger partial charge in [0.25, 0.3) is 0 Å². The van der Waals surface area contributed by atoms with E-state index in [4.69, 9.17) is 11.6 Å². The number of anilines is 1. The van der Waals surface area contributed by atoms with Crippen molar-refractivity contribution < 1.29 is 4.39 Å². The summed E-state index contributed by atoms with van der Waals surface area (Å²) in [5.41, 5.74) is 2.07. The summed E-state index contributed by atoms with van der Waals surface area (Å²) in [5, 5.41) is 3.45.